The summed E-state index contributed by atoms with van der Waals surface area (Å²) in [5, 5.41) is 117. The van der Waals surface area contributed by atoms with Crippen molar-refractivity contribution in [3.8, 4) is 0 Å². The molecule has 71 heavy (non-hydrogen) atoms. The fraction of sp³-hybridized carbons (Fsp3) is 0.673. The van der Waals surface area contributed by atoms with Gasteiger partial charge in [-0.3, -0.25) is 0 Å². The van der Waals surface area contributed by atoms with Crippen molar-refractivity contribution in [2.75, 3.05) is 26.4 Å². The van der Waals surface area contributed by atoms with Gasteiger partial charge in [0, 0.05) is 65.4 Å². The van der Waals surface area contributed by atoms with Crippen molar-refractivity contribution in [3.05, 3.63) is 98.9 Å². The molecule has 2 radical (unpaired) electrons. The number of aliphatic hydroxyl groups excluding tert-OH is 12. The van der Waals surface area contributed by atoms with Crippen LogP contribution >= 0.6 is 0 Å². The number of aliphatic hydroxyl groups is 12. The van der Waals surface area contributed by atoms with E-state index in [1.165, 1.54) is 0 Å². The number of fused-ring (bicyclic) bond motifs is 1. The number of hydrogen-bond donors (Lipinski definition) is 12. The van der Waals surface area contributed by atoms with Crippen molar-refractivity contribution in [1.82, 2.24) is 0 Å². The van der Waals surface area contributed by atoms with Crippen LogP contribution in [0, 0.1) is 27.1 Å². The topological polar surface area (TPSA) is 317 Å². The molecule has 2 aromatic carbocycles. The van der Waals surface area contributed by atoms with E-state index in [2.05, 4.69) is 13.8 Å². The Kier molecular flexibility index (Phi) is 43.0. The van der Waals surface area contributed by atoms with E-state index in [9.17, 15) is 56.2 Å². The minimum absolute atomic E-state index is 0. The fourth-order valence-electron chi connectivity index (χ4n) is 6.53. The number of rotatable bonds is 7. The summed E-state index contributed by atoms with van der Waals surface area (Å²) in [5.41, 5.74) is 2.14. The molecule has 2 aromatic rings. The van der Waals surface area contributed by atoms with Gasteiger partial charge in [0.25, 0.3) is 0 Å². The smallest absolute Gasteiger partial charge is 0.187 e. The van der Waals surface area contributed by atoms with Crippen molar-refractivity contribution in [1.29, 1.82) is 0 Å². The van der Waals surface area contributed by atoms with E-state index in [1.807, 2.05) is 116 Å². The third-order valence-corrected chi connectivity index (χ3v) is 10.0. The summed E-state index contributed by atoms with van der Waals surface area (Å²) < 4.78 is 42.8. The molecule has 18 atom stereocenters. The Morgan fingerprint density at radius 2 is 0.887 bits per heavy atom. The number of ether oxygens (including phenoxy) is 8. The molecule has 410 valence electrons. The van der Waals surface area contributed by atoms with Crippen LogP contribution in [0.25, 0.3) is 0 Å². The summed E-state index contributed by atoms with van der Waals surface area (Å²) in [6, 6.07) is 19.7. The van der Waals surface area contributed by atoms with E-state index >= 15 is 0 Å². The van der Waals surface area contributed by atoms with Crippen molar-refractivity contribution in [2.24, 2.45) is 0 Å². The van der Waals surface area contributed by atoms with Crippen LogP contribution in [0.4, 0.5) is 0 Å². The molecular weight excluding hydrogens is 1090 g/mol. The Morgan fingerprint density at radius 1 is 0.521 bits per heavy atom. The maximum atomic E-state index is 10.4. The van der Waals surface area contributed by atoms with Crippen LogP contribution in [0.15, 0.2) is 60.7 Å². The van der Waals surface area contributed by atoms with Crippen LogP contribution in [0.5, 0.6) is 0 Å². The van der Waals surface area contributed by atoms with Crippen molar-refractivity contribution in [2.45, 2.75) is 185 Å². The van der Waals surface area contributed by atoms with Crippen molar-refractivity contribution < 1.29 is 165 Å². The molecule has 18 unspecified atom stereocenters. The molecule has 20 nitrogen and oxygen atoms in total. The maximum Gasteiger partial charge on any atom is 0.187 e. The minimum Gasteiger partial charge on any atom is -0.544 e. The molecule has 22 heteroatoms. The first-order valence-electron chi connectivity index (χ1n) is 23.5. The zero-order valence-electron chi connectivity index (χ0n) is 42.9. The second-order valence-electron chi connectivity index (χ2n) is 15.1. The van der Waals surface area contributed by atoms with Gasteiger partial charge in [0.2, 0.25) is 0 Å². The quantitative estimate of drug-likeness (QED) is 0.168. The summed E-state index contributed by atoms with van der Waals surface area (Å²) in [4.78, 5) is 0. The minimum atomic E-state index is -1.66. The molecule has 0 aromatic heterocycles. The Morgan fingerprint density at radius 3 is 1.24 bits per heavy atom. The average molecular weight is 1170 g/mol. The molecule has 5 fully saturated rings. The molecule has 0 aliphatic carbocycles. The molecule has 5 aliphatic rings. The van der Waals surface area contributed by atoms with Gasteiger partial charge < -0.3 is 99.2 Å². The van der Waals surface area contributed by atoms with Gasteiger partial charge in [0.15, 0.2) is 18.4 Å². The van der Waals surface area contributed by atoms with Crippen LogP contribution in [-0.4, -0.2) is 204 Å². The van der Waals surface area contributed by atoms with Gasteiger partial charge in [0.05, 0.1) is 50.8 Å². The van der Waals surface area contributed by atoms with Gasteiger partial charge in [-0.05, 0) is 26.1 Å². The first-order valence-corrected chi connectivity index (χ1v) is 23.5. The Balaban J connectivity index is -0.000000906. The Labute approximate surface area is 471 Å². The molecular formula is C49H84O20Y2-4. The maximum absolute atomic E-state index is 10.4. The number of benzene rings is 2. The van der Waals surface area contributed by atoms with E-state index in [0.29, 0.717) is 0 Å². The molecule has 0 bridgehead atoms. The second-order valence-corrected chi connectivity index (χ2v) is 15.1. The van der Waals surface area contributed by atoms with Crippen LogP contribution in [0.3, 0.4) is 0 Å². The molecule has 5 heterocycles. The third kappa shape index (κ3) is 24.2. The number of hydrogen-bond acceptors (Lipinski definition) is 20. The summed E-state index contributed by atoms with van der Waals surface area (Å²) in [7, 11) is 0. The summed E-state index contributed by atoms with van der Waals surface area (Å²) in [6.45, 7) is 27.2. The molecule has 5 aliphatic heterocycles. The summed E-state index contributed by atoms with van der Waals surface area (Å²) in [6.07, 6.45) is -23.1. The van der Waals surface area contributed by atoms with Gasteiger partial charge in [-0.1, -0.05) is 67.5 Å². The van der Waals surface area contributed by atoms with Crippen LogP contribution < -0.4 is 0 Å². The molecule has 0 amide bonds. The Hall–Kier alpha value is -0.412. The van der Waals surface area contributed by atoms with Gasteiger partial charge in [-0.2, -0.15) is 62.5 Å². The predicted octanol–water partition coefficient (Wildman–Crippen LogP) is 0.528. The molecule has 0 saturated carbocycles. The SMILES string of the molecule is CC.CC.CC.CC.CC1(C)OCC2OC(OC3C(CO)O[CH-]C(O)C3O)C(O)C(O)C2O1.OCC1OC(OC2C(CO)O[CH-]C(O)C2O)C(O)C(O)C1O.[CH2-]c1ccccc1.[CH2-]c1ccccc1.[Y].[Y]. The zero-order chi connectivity index (χ0) is 53.0. The first-order chi connectivity index (χ1) is 32.9. The summed E-state index contributed by atoms with van der Waals surface area (Å²) >= 11 is 0. The predicted molar refractivity (Wildman–Crippen MR) is 253 cm³/mol. The van der Waals surface area contributed by atoms with Crippen LogP contribution in [0.1, 0.15) is 80.4 Å². The van der Waals surface area contributed by atoms with Gasteiger partial charge in [-0.15, -0.1) is 24.3 Å². The monoisotopic (exact) mass is 1170 g/mol. The van der Waals surface area contributed by atoms with Gasteiger partial charge in [0.1, 0.15) is 61.0 Å². The average Bonchev–Trinajstić information content (AvgIpc) is 3.37. The zero-order valence-corrected chi connectivity index (χ0v) is 48.5. The standard InChI is InChI=1S/C15H25O10.C12H21O10.2C7H7.4C2H6.2Y/c1-15(2)22-5-8-13(25-15)10(19)11(20)14(23-8)24-12-7(3-16)21-4-6(17)9(12)18;13-1-5-8(17)9(18)10(19)12(21-5)22-11-6(2-14)20-3-4(15)7(11)16;2*1-7-5-3-2-4-6-7;4*1-2;;/h4,6-14,16-20H,3,5H2,1-2H3;3-19H,1-2H2;2*2-6H,1H2;4*1-2H3;;/q4*-1;;;;;;. The van der Waals surface area contributed by atoms with E-state index in [1.54, 1.807) is 13.8 Å². The molecule has 0 spiro atoms. The normalized spacial score (nSPS) is 35.2. The molecule has 12 N–H and O–H groups in total. The van der Waals surface area contributed by atoms with Crippen LogP contribution in [0.2, 0.25) is 0 Å². The van der Waals surface area contributed by atoms with E-state index in [0.717, 1.165) is 24.3 Å². The fourth-order valence-corrected chi connectivity index (χ4v) is 6.53. The van der Waals surface area contributed by atoms with Crippen molar-refractivity contribution >= 4 is 0 Å². The van der Waals surface area contributed by atoms with E-state index < -0.39 is 136 Å². The molecule has 7 rings (SSSR count). The largest absolute Gasteiger partial charge is 0.544 e. The van der Waals surface area contributed by atoms with Gasteiger partial charge in [-0.25, -0.2) is 0 Å². The summed E-state index contributed by atoms with van der Waals surface area (Å²) in [5.74, 6) is -0.922. The van der Waals surface area contributed by atoms with E-state index in [4.69, 9.17) is 43.0 Å². The van der Waals surface area contributed by atoms with Crippen LogP contribution in [-0.2, 0) is 103 Å². The van der Waals surface area contributed by atoms with Crippen molar-refractivity contribution in [3.63, 3.8) is 0 Å². The van der Waals surface area contributed by atoms with E-state index in [-0.39, 0.29) is 72.0 Å². The third-order valence-electron chi connectivity index (χ3n) is 10.0. The first kappa shape index (κ1) is 74.8. The Bertz CT molecular complexity index is 1480. The molecule has 5 saturated heterocycles. The second kappa shape index (κ2) is 40.8. The van der Waals surface area contributed by atoms with Gasteiger partial charge >= 0.3 is 0 Å².